The van der Waals surface area contributed by atoms with E-state index >= 15 is 0 Å². The Morgan fingerprint density at radius 2 is 1.74 bits per heavy atom. The molecule has 2 N–H and O–H groups in total. The number of aromatic nitrogens is 2. The average molecular weight is 425 g/mol. The van der Waals surface area contributed by atoms with E-state index in [1.165, 1.54) is 25.7 Å². The van der Waals surface area contributed by atoms with Crippen LogP contribution in [0.15, 0.2) is 42.5 Å². The van der Waals surface area contributed by atoms with Crippen molar-refractivity contribution in [2.45, 2.75) is 26.2 Å². The van der Waals surface area contributed by atoms with E-state index in [-0.39, 0.29) is 11.6 Å². The number of halogens is 2. The highest BCUT2D eigenvalue weighted by Gasteiger charge is 2.16. The van der Waals surface area contributed by atoms with E-state index in [1.807, 2.05) is 6.07 Å². The van der Waals surface area contributed by atoms with Crippen molar-refractivity contribution in [2.75, 3.05) is 35.7 Å². The van der Waals surface area contributed by atoms with Crippen LogP contribution in [0, 0.1) is 18.6 Å². The number of anilines is 5. The molecule has 31 heavy (non-hydrogen) atoms. The van der Waals surface area contributed by atoms with Crippen molar-refractivity contribution in [3.63, 3.8) is 0 Å². The lowest BCUT2D eigenvalue weighted by molar-refractivity contribution is 0.386. The van der Waals surface area contributed by atoms with E-state index in [9.17, 15) is 8.78 Å². The molecule has 1 saturated heterocycles. The molecule has 6 nitrogen and oxygen atoms in total. The van der Waals surface area contributed by atoms with Crippen molar-refractivity contribution in [1.29, 1.82) is 0 Å². The predicted molar refractivity (Wildman–Crippen MR) is 119 cm³/mol. The first-order valence-electron chi connectivity index (χ1n) is 10.3. The number of hydrogen-bond donors (Lipinski definition) is 2. The average Bonchev–Trinajstić information content (AvgIpc) is 2.77. The summed E-state index contributed by atoms with van der Waals surface area (Å²) in [5, 5.41) is 6.27. The number of nitrogens with one attached hydrogen (secondary N) is 2. The minimum atomic E-state index is -0.478. The van der Waals surface area contributed by atoms with E-state index in [0.29, 0.717) is 28.7 Å². The molecule has 3 aromatic rings. The van der Waals surface area contributed by atoms with Crippen LogP contribution >= 0.6 is 0 Å². The van der Waals surface area contributed by atoms with E-state index in [4.69, 9.17) is 4.74 Å². The number of ether oxygens (including phenoxy) is 1. The fourth-order valence-corrected chi connectivity index (χ4v) is 3.59. The predicted octanol–water partition coefficient (Wildman–Crippen LogP) is 5.55. The smallest absolute Gasteiger partial charge is 0.231 e. The van der Waals surface area contributed by atoms with E-state index in [2.05, 4.69) is 25.5 Å². The van der Waals surface area contributed by atoms with Gasteiger partial charge in [-0.05, 0) is 50.5 Å². The molecular formula is C23H25F2N5O. The lowest BCUT2D eigenvalue weighted by Crippen LogP contribution is -2.30. The summed E-state index contributed by atoms with van der Waals surface area (Å²) in [5.74, 6) is 1.01. The summed E-state index contributed by atoms with van der Waals surface area (Å²) in [5.41, 5.74) is 1.64. The second kappa shape index (κ2) is 9.16. The van der Waals surface area contributed by atoms with Crippen LogP contribution in [0.5, 0.6) is 5.75 Å². The summed E-state index contributed by atoms with van der Waals surface area (Å²) < 4.78 is 33.1. The lowest BCUT2D eigenvalue weighted by atomic mass is 10.1. The molecule has 0 saturated carbocycles. The van der Waals surface area contributed by atoms with Crippen LogP contribution in [0.2, 0.25) is 0 Å². The molecule has 1 aliphatic rings. The first kappa shape index (κ1) is 20.8. The number of benzene rings is 2. The van der Waals surface area contributed by atoms with Crippen LogP contribution < -0.4 is 20.3 Å². The van der Waals surface area contributed by atoms with Crippen molar-refractivity contribution in [3.05, 3.63) is 59.7 Å². The Morgan fingerprint density at radius 1 is 0.935 bits per heavy atom. The van der Waals surface area contributed by atoms with Gasteiger partial charge in [-0.25, -0.2) is 8.78 Å². The molecule has 8 heteroatoms. The minimum absolute atomic E-state index is 0.164. The van der Waals surface area contributed by atoms with Gasteiger partial charge in [-0.1, -0.05) is 6.07 Å². The van der Waals surface area contributed by atoms with Gasteiger partial charge in [0.1, 0.15) is 17.5 Å². The first-order valence-corrected chi connectivity index (χ1v) is 10.3. The van der Waals surface area contributed by atoms with Gasteiger partial charge in [0.2, 0.25) is 5.95 Å². The minimum Gasteiger partial charge on any atom is -0.494 e. The maximum Gasteiger partial charge on any atom is 0.231 e. The summed E-state index contributed by atoms with van der Waals surface area (Å²) in [6.45, 7) is 3.53. The Labute approximate surface area is 180 Å². The Hall–Kier alpha value is -3.42. The molecular weight excluding hydrogens is 400 g/mol. The zero-order valence-corrected chi connectivity index (χ0v) is 17.6. The standard InChI is InChI=1S/C23H25F2N5O/c1-15-17(24)7-6-8-19(15)27-21-14-22(30-11-4-3-5-12-30)29-23(28-21)26-16-9-10-20(31-2)18(25)13-16/h6-10,13-14H,3-5,11-12H2,1-2H3,(H2,26,27,28,29). The molecule has 0 spiro atoms. The second-order valence-electron chi connectivity index (χ2n) is 7.49. The zero-order chi connectivity index (χ0) is 21.8. The third-order valence-electron chi connectivity index (χ3n) is 5.33. The number of hydrogen-bond acceptors (Lipinski definition) is 6. The normalized spacial score (nSPS) is 13.7. The van der Waals surface area contributed by atoms with Crippen molar-refractivity contribution < 1.29 is 13.5 Å². The summed E-state index contributed by atoms with van der Waals surface area (Å²) in [6.07, 6.45) is 3.40. The Balaban J connectivity index is 1.67. The number of nitrogens with zero attached hydrogens (tertiary/aromatic N) is 3. The van der Waals surface area contributed by atoms with Crippen molar-refractivity contribution in [3.8, 4) is 5.75 Å². The monoisotopic (exact) mass is 425 g/mol. The van der Waals surface area contributed by atoms with Crippen LogP contribution in [0.3, 0.4) is 0 Å². The summed E-state index contributed by atoms with van der Waals surface area (Å²) in [4.78, 5) is 11.4. The maximum absolute atomic E-state index is 14.1. The summed E-state index contributed by atoms with van der Waals surface area (Å²) in [6, 6.07) is 11.3. The van der Waals surface area contributed by atoms with Crippen LogP contribution in [0.25, 0.3) is 0 Å². The van der Waals surface area contributed by atoms with Gasteiger partial charge in [0, 0.05) is 42.2 Å². The van der Waals surface area contributed by atoms with E-state index in [1.54, 1.807) is 31.2 Å². The summed E-state index contributed by atoms with van der Waals surface area (Å²) >= 11 is 0. The topological polar surface area (TPSA) is 62.3 Å². The van der Waals surface area contributed by atoms with Crippen LogP contribution in [-0.4, -0.2) is 30.2 Å². The summed E-state index contributed by atoms with van der Waals surface area (Å²) in [7, 11) is 1.42. The fraction of sp³-hybridized carbons (Fsp3) is 0.304. The van der Waals surface area contributed by atoms with Gasteiger partial charge in [0.25, 0.3) is 0 Å². The molecule has 4 rings (SSSR count). The van der Waals surface area contributed by atoms with Gasteiger partial charge in [-0.2, -0.15) is 9.97 Å². The van der Waals surface area contributed by atoms with Crippen LogP contribution in [-0.2, 0) is 0 Å². The van der Waals surface area contributed by atoms with Crippen LogP contribution in [0.4, 0.5) is 37.7 Å². The third-order valence-corrected chi connectivity index (χ3v) is 5.33. The van der Waals surface area contributed by atoms with Gasteiger partial charge in [0.05, 0.1) is 7.11 Å². The molecule has 0 amide bonds. The van der Waals surface area contributed by atoms with Crippen molar-refractivity contribution in [2.24, 2.45) is 0 Å². The molecule has 162 valence electrons. The van der Waals surface area contributed by atoms with E-state index < -0.39 is 5.82 Å². The third kappa shape index (κ3) is 4.84. The van der Waals surface area contributed by atoms with Crippen molar-refractivity contribution >= 4 is 29.0 Å². The second-order valence-corrected chi connectivity index (χ2v) is 7.49. The fourth-order valence-electron chi connectivity index (χ4n) is 3.59. The Morgan fingerprint density at radius 3 is 2.48 bits per heavy atom. The first-order chi connectivity index (χ1) is 15.0. The number of piperidine rings is 1. The molecule has 2 aromatic carbocycles. The van der Waals surface area contributed by atoms with Gasteiger partial charge in [-0.3, -0.25) is 0 Å². The van der Waals surface area contributed by atoms with Gasteiger partial charge in [-0.15, -0.1) is 0 Å². The molecule has 0 bridgehead atoms. The number of rotatable bonds is 6. The van der Waals surface area contributed by atoms with E-state index in [0.717, 1.165) is 31.7 Å². The SMILES string of the molecule is COc1ccc(Nc2nc(Nc3cccc(F)c3C)cc(N3CCCCC3)n2)cc1F. The maximum atomic E-state index is 14.1. The lowest BCUT2D eigenvalue weighted by Gasteiger charge is -2.28. The highest BCUT2D eigenvalue weighted by atomic mass is 19.1. The largest absolute Gasteiger partial charge is 0.494 e. The van der Waals surface area contributed by atoms with Gasteiger partial charge in [0.15, 0.2) is 11.6 Å². The molecule has 0 unspecified atom stereocenters. The molecule has 0 aliphatic carbocycles. The highest BCUT2D eigenvalue weighted by Crippen LogP contribution is 2.28. The Bertz CT molecular complexity index is 1070. The molecule has 1 aliphatic heterocycles. The van der Waals surface area contributed by atoms with Gasteiger partial charge >= 0.3 is 0 Å². The molecule has 1 fully saturated rings. The quantitative estimate of drug-likeness (QED) is 0.540. The molecule has 0 radical (unpaired) electrons. The van der Waals surface area contributed by atoms with Gasteiger partial charge < -0.3 is 20.3 Å². The zero-order valence-electron chi connectivity index (χ0n) is 17.6. The molecule has 0 atom stereocenters. The van der Waals surface area contributed by atoms with Crippen molar-refractivity contribution in [1.82, 2.24) is 9.97 Å². The van der Waals surface area contributed by atoms with Crippen LogP contribution in [0.1, 0.15) is 24.8 Å². The number of methoxy groups -OCH3 is 1. The molecule has 2 heterocycles. The highest BCUT2D eigenvalue weighted by molar-refractivity contribution is 5.66. The Kier molecular flexibility index (Phi) is 6.16. The molecule has 1 aromatic heterocycles.